The van der Waals surface area contributed by atoms with E-state index in [-0.39, 0.29) is 11.4 Å². The van der Waals surface area contributed by atoms with Crippen molar-refractivity contribution < 1.29 is 17.6 Å². The van der Waals surface area contributed by atoms with E-state index in [1.807, 2.05) is 12.1 Å². The molecule has 0 bridgehead atoms. The second kappa shape index (κ2) is 6.46. The Hall–Kier alpha value is -2.64. The van der Waals surface area contributed by atoms with Crippen LogP contribution in [0.4, 0.5) is 0 Å². The smallest absolute Gasteiger partial charge is 0.336 e. The van der Waals surface area contributed by atoms with Crippen LogP contribution >= 0.6 is 0 Å². The normalized spacial score (nSPS) is 11.5. The molecule has 6 nitrogen and oxygen atoms in total. The molecule has 7 heteroatoms. The van der Waals surface area contributed by atoms with Crippen molar-refractivity contribution in [3.8, 4) is 5.75 Å². The van der Waals surface area contributed by atoms with Crippen LogP contribution in [0.3, 0.4) is 0 Å². The fourth-order valence-corrected chi connectivity index (χ4v) is 3.36. The van der Waals surface area contributed by atoms with E-state index in [9.17, 15) is 13.2 Å². The molecule has 1 aromatic heterocycles. The predicted octanol–water partition coefficient (Wildman–Crippen LogP) is 2.28. The van der Waals surface area contributed by atoms with Crippen LogP contribution in [0.25, 0.3) is 11.0 Å². The summed E-state index contributed by atoms with van der Waals surface area (Å²) in [6, 6.07) is 14.3. The molecule has 124 valence electrons. The number of benzene rings is 2. The lowest BCUT2D eigenvalue weighted by Gasteiger charge is -2.10. The maximum Gasteiger partial charge on any atom is 0.336 e. The van der Waals surface area contributed by atoms with Gasteiger partial charge in [-0.1, -0.05) is 18.2 Å². The summed E-state index contributed by atoms with van der Waals surface area (Å²) in [4.78, 5) is 11.3. The summed E-state index contributed by atoms with van der Waals surface area (Å²) in [7, 11) is -2.18. The number of hydrogen-bond donors (Lipinski definition) is 1. The Bertz CT molecular complexity index is 1040. The summed E-state index contributed by atoms with van der Waals surface area (Å²) in [5, 5.41) is 0.537. The van der Waals surface area contributed by atoms with E-state index < -0.39 is 15.6 Å². The molecule has 0 aliphatic carbocycles. The molecule has 0 aliphatic rings. The second-order valence-corrected chi connectivity index (χ2v) is 6.86. The Balaban J connectivity index is 1.87. The van der Waals surface area contributed by atoms with Gasteiger partial charge in [0.15, 0.2) is 0 Å². The van der Waals surface area contributed by atoms with E-state index in [2.05, 4.69) is 4.72 Å². The summed E-state index contributed by atoms with van der Waals surface area (Å²) >= 11 is 0. The molecule has 1 N–H and O–H groups in total. The third-order valence-corrected chi connectivity index (χ3v) is 4.95. The number of rotatable bonds is 5. The average molecular weight is 345 g/mol. The van der Waals surface area contributed by atoms with Gasteiger partial charge in [-0.3, -0.25) is 0 Å². The Labute approximate surface area is 138 Å². The number of hydrogen-bond acceptors (Lipinski definition) is 5. The third-order valence-electron chi connectivity index (χ3n) is 3.55. The van der Waals surface area contributed by atoms with Crippen molar-refractivity contribution in [3.63, 3.8) is 0 Å². The predicted molar refractivity (Wildman–Crippen MR) is 89.5 cm³/mol. The third kappa shape index (κ3) is 3.32. The van der Waals surface area contributed by atoms with E-state index >= 15 is 0 Å². The van der Waals surface area contributed by atoms with Gasteiger partial charge in [0.25, 0.3) is 0 Å². The number of ether oxygens (including phenoxy) is 1. The fourth-order valence-electron chi connectivity index (χ4n) is 2.32. The fraction of sp³-hybridized carbons (Fsp3) is 0.118. The molecule has 3 aromatic rings. The van der Waals surface area contributed by atoms with Crippen LogP contribution < -0.4 is 15.1 Å². The van der Waals surface area contributed by atoms with Gasteiger partial charge in [0.2, 0.25) is 10.0 Å². The summed E-state index contributed by atoms with van der Waals surface area (Å²) in [5.41, 5.74) is 0.592. The monoisotopic (exact) mass is 345 g/mol. The second-order valence-electron chi connectivity index (χ2n) is 5.09. The van der Waals surface area contributed by atoms with Gasteiger partial charge in [0.05, 0.1) is 12.0 Å². The first-order valence-corrected chi connectivity index (χ1v) is 8.63. The Morgan fingerprint density at radius 3 is 2.67 bits per heavy atom. The summed E-state index contributed by atoms with van der Waals surface area (Å²) in [5.74, 6) is 0.612. The molecule has 0 unspecified atom stereocenters. The molecular formula is C17H15NO5S. The Morgan fingerprint density at radius 1 is 1.08 bits per heavy atom. The minimum atomic E-state index is -3.71. The molecule has 0 atom stereocenters. The Morgan fingerprint density at radius 2 is 1.88 bits per heavy atom. The van der Waals surface area contributed by atoms with E-state index in [1.54, 1.807) is 12.1 Å². The van der Waals surface area contributed by atoms with Crippen molar-refractivity contribution in [3.05, 3.63) is 70.6 Å². The van der Waals surface area contributed by atoms with E-state index in [0.717, 1.165) is 5.56 Å². The van der Waals surface area contributed by atoms with Crippen molar-refractivity contribution >= 4 is 21.0 Å². The highest BCUT2D eigenvalue weighted by molar-refractivity contribution is 7.89. The summed E-state index contributed by atoms with van der Waals surface area (Å²) in [6.07, 6.45) is 0. The van der Waals surface area contributed by atoms with Crippen LogP contribution in [0.2, 0.25) is 0 Å². The highest BCUT2D eigenvalue weighted by atomic mass is 32.2. The zero-order chi connectivity index (χ0) is 17.2. The van der Waals surface area contributed by atoms with Gasteiger partial charge in [-0.05, 0) is 30.3 Å². The molecule has 0 radical (unpaired) electrons. The average Bonchev–Trinajstić information content (AvgIpc) is 2.59. The minimum Gasteiger partial charge on any atom is -0.496 e. The van der Waals surface area contributed by atoms with Gasteiger partial charge in [-0.15, -0.1) is 0 Å². The van der Waals surface area contributed by atoms with Crippen LogP contribution in [-0.4, -0.2) is 15.5 Å². The van der Waals surface area contributed by atoms with Crippen molar-refractivity contribution in [1.29, 1.82) is 0 Å². The van der Waals surface area contributed by atoms with Crippen molar-refractivity contribution in [2.75, 3.05) is 7.11 Å². The van der Waals surface area contributed by atoms with Gasteiger partial charge in [0, 0.05) is 23.6 Å². The molecule has 0 fully saturated rings. The van der Waals surface area contributed by atoms with Crippen LogP contribution in [-0.2, 0) is 16.6 Å². The lowest BCUT2D eigenvalue weighted by Crippen LogP contribution is -2.23. The number of nitrogens with one attached hydrogen (secondary N) is 1. The highest BCUT2D eigenvalue weighted by Gasteiger charge is 2.15. The van der Waals surface area contributed by atoms with E-state index in [4.69, 9.17) is 9.15 Å². The lowest BCUT2D eigenvalue weighted by molar-refractivity contribution is 0.409. The topological polar surface area (TPSA) is 85.6 Å². The van der Waals surface area contributed by atoms with Gasteiger partial charge in [-0.2, -0.15) is 0 Å². The molecule has 3 rings (SSSR count). The zero-order valence-electron chi connectivity index (χ0n) is 12.9. The lowest BCUT2D eigenvalue weighted by atomic mass is 10.2. The maximum atomic E-state index is 12.5. The van der Waals surface area contributed by atoms with Gasteiger partial charge in [0.1, 0.15) is 11.3 Å². The van der Waals surface area contributed by atoms with Gasteiger partial charge >= 0.3 is 5.63 Å². The molecule has 0 aliphatic heterocycles. The van der Waals surface area contributed by atoms with Crippen molar-refractivity contribution in [1.82, 2.24) is 4.72 Å². The zero-order valence-corrected chi connectivity index (χ0v) is 13.7. The first-order valence-electron chi connectivity index (χ1n) is 7.15. The summed E-state index contributed by atoms with van der Waals surface area (Å²) in [6.45, 7) is 0.105. The molecule has 0 spiro atoms. The van der Waals surface area contributed by atoms with Crippen LogP contribution in [0.1, 0.15) is 5.56 Å². The number of para-hydroxylation sites is 1. The minimum absolute atomic E-state index is 0.0961. The van der Waals surface area contributed by atoms with Crippen molar-refractivity contribution in [2.24, 2.45) is 0 Å². The molecule has 0 saturated heterocycles. The SMILES string of the molecule is COc1ccccc1CNS(=O)(=O)c1ccc2oc(=O)ccc2c1. The largest absolute Gasteiger partial charge is 0.496 e. The highest BCUT2D eigenvalue weighted by Crippen LogP contribution is 2.20. The van der Waals surface area contributed by atoms with Gasteiger partial charge in [-0.25, -0.2) is 17.9 Å². The molecule has 0 saturated carbocycles. The van der Waals surface area contributed by atoms with E-state index in [1.165, 1.54) is 37.4 Å². The van der Waals surface area contributed by atoms with E-state index in [0.29, 0.717) is 16.7 Å². The van der Waals surface area contributed by atoms with Gasteiger partial charge < -0.3 is 9.15 Å². The summed E-state index contributed by atoms with van der Waals surface area (Å²) < 4.78 is 37.7. The molecule has 24 heavy (non-hydrogen) atoms. The Kier molecular flexibility index (Phi) is 4.37. The number of methoxy groups -OCH3 is 1. The molecular weight excluding hydrogens is 330 g/mol. The molecule has 1 heterocycles. The van der Waals surface area contributed by atoms with Crippen LogP contribution in [0.15, 0.2) is 68.7 Å². The first kappa shape index (κ1) is 16.2. The standard InChI is InChI=1S/C17H15NO5S/c1-22-15-5-3-2-4-13(15)11-18-24(20,21)14-7-8-16-12(10-14)6-9-17(19)23-16/h2-10,18H,11H2,1H3. The van der Waals surface area contributed by atoms with Crippen LogP contribution in [0.5, 0.6) is 5.75 Å². The number of fused-ring (bicyclic) bond motifs is 1. The molecule has 2 aromatic carbocycles. The van der Waals surface area contributed by atoms with Crippen LogP contribution in [0, 0.1) is 0 Å². The quantitative estimate of drug-likeness (QED) is 0.717. The molecule has 0 amide bonds. The maximum absolute atomic E-state index is 12.5. The number of sulfonamides is 1. The first-order chi connectivity index (χ1) is 11.5. The van der Waals surface area contributed by atoms with Crippen molar-refractivity contribution in [2.45, 2.75) is 11.4 Å².